The highest BCUT2D eigenvalue weighted by molar-refractivity contribution is 7.89. The Bertz CT molecular complexity index is 685. The summed E-state index contributed by atoms with van der Waals surface area (Å²) in [5.41, 5.74) is 6.76. The van der Waals surface area contributed by atoms with Crippen molar-refractivity contribution in [2.75, 3.05) is 27.2 Å². The number of carbonyl (C=O) groups is 1. The van der Waals surface area contributed by atoms with Crippen LogP contribution in [0.25, 0.3) is 0 Å². The number of likely N-dealkylation sites (N-methyl/N-ethyl adjacent to an activating group) is 1. The van der Waals surface area contributed by atoms with Crippen molar-refractivity contribution in [1.29, 1.82) is 0 Å². The second-order valence-electron chi connectivity index (χ2n) is 4.60. The third-order valence-corrected chi connectivity index (χ3v) is 4.14. The van der Waals surface area contributed by atoms with Crippen LogP contribution >= 0.6 is 0 Å². The molecule has 0 aliphatic heterocycles. The zero-order chi connectivity index (χ0) is 16.0. The van der Waals surface area contributed by atoms with Gasteiger partial charge in [-0.15, -0.1) is 0 Å². The van der Waals surface area contributed by atoms with E-state index in [1.807, 2.05) is 0 Å². The number of carbonyl (C=O) groups excluding carboxylic acids is 1. The van der Waals surface area contributed by atoms with Crippen LogP contribution in [0.2, 0.25) is 0 Å². The van der Waals surface area contributed by atoms with Gasteiger partial charge in [0.2, 0.25) is 15.9 Å². The number of nitrogens with one attached hydrogen (secondary N) is 1. The molecule has 0 fully saturated rings. The number of sulfonamides is 1. The molecule has 1 aromatic rings. The molecule has 1 rings (SSSR count). The Labute approximate surface area is 125 Å². The highest BCUT2D eigenvalue weighted by atomic mass is 32.2. The average Bonchev–Trinajstić information content (AvgIpc) is 2.43. The van der Waals surface area contributed by atoms with Crippen LogP contribution in [-0.2, 0) is 14.8 Å². The summed E-state index contributed by atoms with van der Waals surface area (Å²) in [5, 5.41) is 0. The SMILES string of the molecule is Cc1cc(S(=O)(=O)NCC(=O)N(C)C)ccc1C#CCN. The number of nitrogens with zero attached hydrogens (tertiary/aromatic N) is 1. The molecule has 0 unspecified atom stereocenters. The van der Waals surface area contributed by atoms with E-state index in [0.29, 0.717) is 0 Å². The highest BCUT2D eigenvalue weighted by Crippen LogP contribution is 2.14. The van der Waals surface area contributed by atoms with Crippen LogP contribution in [-0.4, -0.2) is 46.4 Å². The van der Waals surface area contributed by atoms with Gasteiger partial charge in [0.25, 0.3) is 0 Å². The van der Waals surface area contributed by atoms with Gasteiger partial charge in [-0.3, -0.25) is 4.79 Å². The van der Waals surface area contributed by atoms with Crippen molar-refractivity contribution in [3.63, 3.8) is 0 Å². The molecule has 0 aliphatic carbocycles. The maximum atomic E-state index is 12.1. The minimum absolute atomic E-state index is 0.102. The van der Waals surface area contributed by atoms with E-state index in [9.17, 15) is 13.2 Å². The van der Waals surface area contributed by atoms with Gasteiger partial charge in [-0.2, -0.15) is 0 Å². The van der Waals surface area contributed by atoms with Gasteiger partial charge < -0.3 is 10.6 Å². The summed E-state index contributed by atoms with van der Waals surface area (Å²) in [5.74, 6) is 5.27. The predicted molar refractivity (Wildman–Crippen MR) is 81.0 cm³/mol. The molecular formula is C14H19N3O3S. The molecule has 0 aromatic heterocycles. The maximum Gasteiger partial charge on any atom is 0.241 e. The Balaban J connectivity index is 2.94. The number of benzene rings is 1. The number of hydrogen-bond donors (Lipinski definition) is 2. The van der Waals surface area contributed by atoms with Crippen molar-refractivity contribution in [1.82, 2.24) is 9.62 Å². The van der Waals surface area contributed by atoms with E-state index >= 15 is 0 Å². The van der Waals surface area contributed by atoms with Crippen LogP contribution < -0.4 is 10.5 Å². The van der Waals surface area contributed by atoms with E-state index in [1.165, 1.54) is 17.0 Å². The molecule has 0 heterocycles. The molecule has 0 spiro atoms. The van der Waals surface area contributed by atoms with Gasteiger partial charge in [-0.05, 0) is 30.7 Å². The molecule has 3 N–H and O–H groups in total. The summed E-state index contributed by atoms with van der Waals surface area (Å²) in [7, 11) is -0.597. The normalized spacial score (nSPS) is 10.7. The fourth-order valence-corrected chi connectivity index (χ4v) is 2.55. The standard InChI is InChI=1S/C14H19N3O3S/c1-11-9-13(7-6-12(11)5-4-8-15)21(19,20)16-10-14(18)17(2)3/h6-7,9,16H,8,10,15H2,1-3H3. The lowest BCUT2D eigenvalue weighted by atomic mass is 10.1. The van der Waals surface area contributed by atoms with E-state index in [1.54, 1.807) is 27.1 Å². The van der Waals surface area contributed by atoms with Crippen LogP contribution in [0.5, 0.6) is 0 Å². The highest BCUT2D eigenvalue weighted by Gasteiger charge is 2.16. The van der Waals surface area contributed by atoms with E-state index in [4.69, 9.17) is 5.73 Å². The second-order valence-corrected chi connectivity index (χ2v) is 6.36. The molecule has 0 saturated carbocycles. The van der Waals surface area contributed by atoms with E-state index < -0.39 is 10.0 Å². The first-order valence-corrected chi connectivity index (χ1v) is 7.75. The van der Waals surface area contributed by atoms with E-state index in [0.717, 1.165) is 11.1 Å². The smallest absolute Gasteiger partial charge is 0.241 e. The molecular weight excluding hydrogens is 290 g/mol. The Morgan fingerprint density at radius 1 is 1.38 bits per heavy atom. The largest absolute Gasteiger partial charge is 0.348 e. The molecule has 0 aliphatic rings. The lowest BCUT2D eigenvalue weighted by Crippen LogP contribution is -2.36. The number of amides is 1. The van der Waals surface area contributed by atoms with Gasteiger partial charge in [0, 0.05) is 19.7 Å². The molecule has 0 radical (unpaired) electrons. The quantitative estimate of drug-likeness (QED) is 0.745. The van der Waals surface area contributed by atoms with Crippen molar-refractivity contribution >= 4 is 15.9 Å². The zero-order valence-corrected chi connectivity index (χ0v) is 13.1. The second kappa shape index (κ2) is 7.22. The third kappa shape index (κ3) is 4.86. The van der Waals surface area contributed by atoms with Crippen LogP contribution in [0, 0.1) is 18.8 Å². The van der Waals surface area contributed by atoms with Crippen LogP contribution in [0.3, 0.4) is 0 Å². The number of rotatable bonds is 4. The predicted octanol–water partition coefficient (Wildman–Crippen LogP) is -0.328. The summed E-state index contributed by atoms with van der Waals surface area (Å²) in [4.78, 5) is 12.8. The van der Waals surface area contributed by atoms with Crippen LogP contribution in [0.1, 0.15) is 11.1 Å². The van der Waals surface area contributed by atoms with Gasteiger partial charge in [0.15, 0.2) is 0 Å². The maximum absolute atomic E-state index is 12.1. The number of aryl methyl sites for hydroxylation is 1. The van der Waals surface area contributed by atoms with Crippen LogP contribution in [0.4, 0.5) is 0 Å². The molecule has 6 nitrogen and oxygen atoms in total. The van der Waals surface area contributed by atoms with E-state index in [2.05, 4.69) is 16.6 Å². The first-order valence-electron chi connectivity index (χ1n) is 6.27. The number of hydrogen-bond acceptors (Lipinski definition) is 4. The van der Waals surface area contributed by atoms with E-state index in [-0.39, 0.29) is 23.9 Å². The molecule has 21 heavy (non-hydrogen) atoms. The minimum Gasteiger partial charge on any atom is -0.348 e. The van der Waals surface area contributed by atoms with Crippen molar-refractivity contribution in [3.8, 4) is 11.8 Å². The first kappa shape index (κ1) is 17.2. The Hall–Kier alpha value is -1.88. The zero-order valence-electron chi connectivity index (χ0n) is 12.3. The average molecular weight is 309 g/mol. The van der Waals surface area contributed by atoms with Gasteiger partial charge in [0.05, 0.1) is 18.0 Å². The Kier molecular flexibility index (Phi) is 5.90. The van der Waals surface area contributed by atoms with Crippen molar-refractivity contribution in [2.45, 2.75) is 11.8 Å². The van der Waals surface area contributed by atoms with Gasteiger partial charge in [-0.25, -0.2) is 13.1 Å². The lowest BCUT2D eigenvalue weighted by Gasteiger charge is -2.12. The van der Waals surface area contributed by atoms with Crippen molar-refractivity contribution in [3.05, 3.63) is 29.3 Å². The monoisotopic (exact) mass is 309 g/mol. The minimum atomic E-state index is -3.72. The van der Waals surface area contributed by atoms with Gasteiger partial charge in [0.1, 0.15) is 0 Å². The first-order chi connectivity index (χ1) is 9.77. The van der Waals surface area contributed by atoms with Gasteiger partial charge >= 0.3 is 0 Å². The fraction of sp³-hybridized carbons (Fsp3) is 0.357. The topological polar surface area (TPSA) is 92.5 Å². The lowest BCUT2D eigenvalue weighted by molar-refractivity contribution is -0.127. The molecule has 7 heteroatoms. The summed E-state index contributed by atoms with van der Waals surface area (Å²) < 4.78 is 26.5. The molecule has 0 saturated heterocycles. The Morgan fingerprint density at radius 2 is 2.05 bits per heavy atom. The third-order valence-electron chi connectivity index (χ3n) is 2.75. The van der Waals surface area contributed by atoms with Crippen molar-refractivity contribution < 1.29 is 13.2 Å². The summed E-state index contributed by atoms with van der Waals surface area (Å²) in [6.07, 6.45) is 0. The molecule has 1 aromatic carbocycles. The number of nitrogens with two attached hydrogens (primary N) is 1. The molecule has 0 bridgehead atoms. The summed E-state index contributed by atoms with van der Waals surface area (Å²) in [6.45, 7) is 1.74. The van der Waals surface area contributed by atoms with Gasteiger partial charge in [-0.1, -0.05) is 11.8 Å². The fourth-order valence-electron chi connectivity index (χ4n) is 1.49. The van der Waals surface area contributed by atoms with Crippen molar-refractivity contribution in [2.24, 2.45) is 5.73 Å². The molecule has 114 valence electrons. The Morgan fingerprint density at radius 3 is 2.57 bits per heavy atom. The van der Waals surface area contributed by atoms with Crippen LogP contribution in [0.15, 0.2) is 23.1 Å². The summed E-state index contributed by atoms with van der Waals surface area (Å²) >= 11 is 0. The summed E-state index contributed by atoms with van der Waals surface area (Å²) in [6, 6.07) is 4.60. The molecule has 1 amide bonds. The molecule has 0 atom stereocenters.